The van der Waals surface area contributed by atoms with Crippen molar-refractivity contribution in [3.05, 3.63) is 47.7 Å². The number of aromatic nitrogens is 1. The molecule has 3 rings (SSSR count). The maximum Gasteiger partial charge on any atom is 0.259 e. The average molecular weight is 434 g/mol. The minimum Gasteiger partial charge on any atom is -0.496 e. The Morgan fingerprint density at radius 2 is 1.70 bits per heavy atom. The number of amides is 2. The summed E-state index contributed by atoms with van der Waals surface area (Å²) >= 11 is -2.23. The van der Waals surface area contributed by atoms with Gasteiger partial charge in [-0.1, -0.05) is 0 Å². The van der Waals surface area contributed by atoms with Gasteiger partial charge in [-0.25, -0.2) is 9.19 Å². The molecule has 1 fully saturated rings. The van der Waals surface area contributed by atoms with Crippen LogP contribution >= 0.6 is 0 Å². The number of piperazine rings is 1. The molecule has 30 heavy (non-hydrogen) atoms. The highest BCUT2D eigenvalue weighted by Crippen LogP contribution is 2.25. The van der Waals surface area contributed by atoms with Crippen LogP contribution in [0.3, 0.4) is 0 Å². The monoisotopic (exact) mass is 434 g/mol. The Morgan fingerprint density at radius 3 is 2.30 bits per heavy atom. The third-order valence-corrected chi connectivity index (χ3v) is 5.09. The number of methoxy groups -OCH3 is 2. The number of anilines is 1. The van der Waals surface area contributed by atoms with Gasteiger partial charge in [-0.05, 0) is 18.2 Å². The predicted molar refractivity (Wildman–Crippen MR) is 110 cm³/mol. The van der Waals surface area contributed by atoms with E-state index in [-0.39, 0.29) is 17.6 Å². The molecule has 2 aromatic rings. The fourth-order valence-electron chi connectivity index (χ4n) is 3.15. The summed E-state index contributed by atoms with van der Waals surface area (Å²) in [6.07, 6.45) is 1.52. The van der Waals surface area contributed by atoms with Gasteiger partial charge in [-0.2, -0.15) is 0 Å². The molecule has 1 atom stereocenters. The van der Waals surface area contributed by atoms with Crippen molar-refractivity contribution in [2.45, 2.75) is 0 Å². The Kier molecular flexibility index (Phi) is 6.85. The molecule has 0 saturated carbocycles. The number of pyridine rings is 1. The molecule has 1 aliphatic rings. The van der Waals surface area contributed by atoms with E-state index in [0.29, 0.717) is 48.9 Å². The van der Waals surface area contributed by atoms with Crippen LogP contribution in [-0.2, 0) is 11.3 Å². The zero-order valence-corrected chi connectivity index (χ0v) is 17.3. The number of benzene rings is 1. The molecule has 2 heterocycles. The van der Waals surface area contributed by atoms with Gasteiger partial charge in [-0.15, -0.1) is 0 Å². The molecule has 2 amide bonds. The maximum absolute atomic E-state index is 12.9. The highest BCUT2D eigenvalue weighted by molar-refractivity contribution is 7.80. The van der Waals surface area contributed by atoms with Crippen LogP contribution in [0.25, 0.3) is 0 Å². The molecule has 11 heteroatoms. The number of rotatable bonds is 6. The first kappa shape index (κ1) is 21.5. The Morgan fingerprint density at radius 1 is 1.03 bits per heavy atom. The zero-order chi connectivity index (χ0) is 21.7. The molecule has 0 radical (unpaired) electrons. The summed E-state index contributed by atoms with van der Waals surface area (Å²) in [5.74, 6) is 0.275. The zero-order valence-electron chi connectivity index (χ0n) is 16.5. The lowest BCUT2D eigenvalue weighted by Gasteiger charge is -2.35. The van der Waals surface area contributed by atoms with E-state index in [4.69, 9.17) is 14.0 Å². The largest absolute Gasteiger partial charge is 0.496 e. The number of carbonyl (C=O) groups is 2. The van der Waals surface area contributed by atoms with E-state index in [1.807, 2.05) is 0 Å². The Balaban J connectivity index is 1.66. The summed E-state index contributed by atoms with van der Waals surface area (Å²) in [6, 6.07) is 7.76. The van der Waals surface area contributed by atoms with Crippen LogP contribution in [0.4, 0.5) is 5.69 Å². The number of hydrogen-bond acceptors (Lipinski definition) is 6. The van der Waals surface area contributed by atoms with E-state index in [0.717, 1.165) is 0 Å². The number of nitrogens with zero attached hydrogens (tertiary/aromatic N) is 3. The van der Waals surface area contributed by atoms with E-state index in [2.05, 4.69) is 9.71 Å². The van der Waals surface area contributed by atoms with Crippen molar-refractivity contribution in [3.8, 4) is 11.6 Å². The fraction of sp³-hybridized carbons (Fsp3) is 0.316. The number of ether oxygens (including phenoxy) is 2. The van der Waals surface area contributed by atoms with Crippen molar-refractivity contribution in [3.63, 3.8) is 0 Å². The van der Waals surface area contributed by atoms with Gasteiger partial charge in [0.1, 0.15) is 5.75 Å². The molecule has 10 nitrogen and oxygen atoms in total. The van der Waals surface area contributed by atoms with Crippen LogP contribution in [0.1, 0.15) is 20.7 Å². The first-order valence-electron chi connectivity index (χ1n) is 9.07. The highest BCUT2D eigenvalue weighted by atomic mass is 32.2. The molecule has 0 aliphatic carbocycles. The standard InChI is InChI=1S/C19H22N4O6S/c1-28-16-12-14(21-30(26)27)3-4-15(16)19(25)23-9-7-22(8-10-23)18(24)13-5-6-20-17(11-13)29-2/h3-6,11-12,21H,7-10H2,1-2H3,(H,26,27). The van der Waals surface area contributed by atoms with Crippen LogP contribution in [0.5, 0.6) is 11.6 Å². The third-order valence-electron chi connectivity index (χ3n) is 4.68. The van der Waals surface area contributed by atoms with Crippen LogP contribution in [0.2, 0.25) is 0 Å². The van der Waals surface area contributed by atoms with E-state index in [9.17, 15) is 13.8 Å². The van der Waals surface area contributed by atoms with E-state index >= 15 is 0 Å². The summed E-state index contributed by atoms with van der Waals surface area (Å²) in [7, 11) is 2.91. The fourth-order valence-corrected chi connectivity index (χ4v) is 3.48. The summed E-state index contributed by atoms with van der Waals surface area (Å²) in [6.45, 7) is 1.52. The Labute approximate surface area is 176 Å². The summed E-state index contributed by atoms with van der Waals surface area (Å²) in [5, 5.41) is 0. The molecular weight excluding hydrogens is 412 g/mol. The van der Waals surface area contributed by atoms with Crippen molar-refractivity contribution in [2.75, 3.05) is 45.1 Å². The van der Waals surface area contributed by atoms with E-state index in [1.165, 1.54) is 38.6 Å². The van der Waals surface area contributed by atoms with Crippen LogP contribution in [-0.4, -0.2) is 75.8 Å². The van der Waals surface area contributed by atoms with Crippen LogP contribution in [0, 0.1) is 0 Å². The van der Waals surface area contributed by atoms with Crippen LogP contribution < -0.4 is 14.2 Å². The number of carbonyl (C=O) groups excluding carboxylic acids is 2. The van der Waals surface area contributed by atoms with Gasteiger partial charge in [0.05, 0.1) is 25.5 Å². The lowest BCUT2D eigenvalue weighted by atomic mass is 10.1. The second kappa shape index (κ2) is 9.55. The lowest BCUT2D eigenvalue weighted by molar-refractivity contribution is 0.0533. The maximum atomic E-state index is 12.9. The molecule has 0 spiro atoms. The SMILES string of the molecule is COc1cc(C(=O)N2CCN(C(=O)c3ccc(NS(=O)O)cc3OC)CC2)ccn1. The smallest absolute Gasteiger partial charge is 0.259 e. The first-order valence-corrected chi connectivity index (χ1v) is 10.2. The molecule has 1 aromatic heterocycles. The van der Waals surface area contributed by atoms with Crippen molar-refractivity contribution in [1.82, 2.24) is 14.8 Å². The minimum atomic E-state index is -2.23. The molecular formula is C19H22N4O6S. The molecule has 1 unspecified atom stereocenters. The highest BCUT2D eigenvalue weighted by Gasteiger charge is 2.27. The quantitative estimate of drug-likeness (QED) is 0.656. The van der Waals surface area contributed by atoms with E-state index < -0.39 is 11.3 Å². The summed E-state index contributed by atoms with van der Waals surface area (Å²) in [5.41, 5.74) is 1.17. The van der Waals surface area contributed by atoms with Gasteiger partial charge in [0.2, 0.25) is 5.88 Å². The van der Waals surface area contributed by atoms with Crippen LogP contribution in [0.15, 0.2) is 36.5 Å². The normalized spacial score (nSPS) is 14.8. The van der Waals surface area contributed by atoms with Crippen molar-refractivity contribution in [2.24, 2.45) is 0 Å². The van der Waals surface area contributed by atoms with Gasteiger partial charge in [0.15, 0.2) is 0 Å². The molecule has 1 aromatic carbocycles. The first-order chi connectivity index (χ1) is 14.4. The Hall–Kier alpha value is -3.18. The lowest BCUT2D eigenvalue weighted by Crippen LogP contribution is -2.50. The molecule has 0 bridgehead atoms. The molecule has 1 saturated heterocycles. The van der Waals surface area contributed by atoms with Gasteiger partial charge in [0.25, 0.3) is 23.1 Å². The van der Waals surface area contributed by atoms with Crippen molar-refractivity contribution < 1.29 is 27.8 Å². The van der Waals surface area contributed by atoms with Gasteiger partial charge in [0, 0.05) is 50.1 Å². The average Bonchev–Trinajstić information content (AvgIpc) is 2.77. The van der Waals surface area contributed by atoms with Crippen molar-refractivity contribution in [1.29, 1.82) is 0 Å². The van der Waals surface area contributed by atoms with E-state index in [1.54, 1.807) is 21.9 Å². The third kappa shape index (κ3) is 4.86. The second-order valence-electron chi connectivity index (χ2n) is 6.44. The van der Waals surface area contributed by atoms with Gasteiger partial charge < -0.3 is 19.3 Å². The van der Waals surface area contributed by atoms with Gasteiger partial charge >= 0.3 is 0 Å². The predicted octanol–water partition coefficient (Wildman–Crippen LogP) is 1.25. The van der Waals surface area contributed by atoms with Gasteiger partial charge in [-0.3, -0.25) is 18.9 Å². The minimum absolute atomic E-state index is 0.146. The summed E-state index contributed by atoms with van der Waals surface area (Å²) < 4.78 is 32.5. The topological polar surface area (TPSA) is 121 Å². The second-order valence-corrected chi connectivity index (χ2v) is 7.14. The number of nitrogens with one attached hydrogen (secondary N) is 1. The Bertz CT molecular complexity index is 962. The number of hydrogen-bond donors (Lipinski definition) is 2. The summed E-state index contributed by atoms with van der Waals surface area (Å²) in [4.78, 5) is 33.0. The van der Waals surface area contributed by atoms with Crippen molar-refractivity contribution >= 4 is 28.8 Å². The molecule has 160 valence electrons. The molecule has 2 N–H and O–H groups in total. The molecule has 1 aliphatic heterocycles.